The van der Waals surface area contributed by atoms with Crippen LogP contribution in [-0.4, -0.2) is 47.2 Å². The first-order chi connectivity index (χ1) is 11.0. The van der Waals surface area contributed by atoms with Gasteiger partial charge in [-0.05, 0) is 31.2 Å². The Morgan fingerprint density at radius 3 is 2.48 bits per heavy atom. The van der Waals surface area contributed by atoms with Crippen LogP contribution in [0, 0.1) is 6.92 Å². The van der Waals surface area contributed by atoms with Gasteiger partial charge in [0.25, 0.3) is 0 Å². The molecule has 1 fully saturated rings. The van der Waals surface area contributed by atoms with Crippen LogP contribution < -0.4 is 9.80 Å². The van der Waals surface area contributed by atoms with Crippen LogP contribution >= 0.6 is 11.6 Å². The van der Waals surface area contributed by atoms with Gasteiger partial charge in [0, 0.05) is 42.6 Å². The van der Waals surface area contributed by atoms with Crippen molar-refractivity contribution in [1.29, 1.82) is 0 Å². The molecule has 0 radical (unpaired) electrons. The third kappa shape index (κ3) is 3.53. The lowest BCUT2D eigenvalue weighted by molar-refractivity contribution is 0.0690. The Morgan fingerprint density at radius 2 is 1.83 bits per heavy atom. The summed E-state index contributed by atoms with van der Waals surface area (Å²) < 4.78 is 0. The minimum atomic E-state index is -1.03. The van der Waals surface area contributed by atoms with E-state index < -0.39 is 5.97 Å². The van der Waals surface area contributed by atoms with E-state index in [9.17, 15) is 4.79 Å². The Kier molecular flexibility index (Phi) is 4.34. The first-order valence-corrected chi connectivity index (χ1v) is 7.75. The highest BCUT2D eigenvalue weighted by Gasteiger charge is 2.21. The van der Waals surface area contributed by atoms with E-state index in [1.54, 1.807) is 6.92 Å². The van der Waals surface area contributed by atoms with Gasteiger partial charge in [0.05, 0.1) is 0 Å². The van der Waals surface area contributed by atoms with E-state index in [-0.39, 0.29) is 5.69 Å². The van der Waals surface area contributed by atoms with Crippen molar-refractivity contribution in [1.82, 2.24) is 9.97 Å². The molecule has 0 unspecified atom stereocenters. The zero-order valence-corrected chi connectivity index (χ0v) is 13.5. The maximum atomic E-state index is 11.1. The Hall–Kier alpha value is -2.34. The second kappa shape index (κ2) is 6.42. The average molecular weight is 333 g/mol. The molecule has 1 saturated heterocycles. The zero-order valence-electron chi connectivity index (χ0n) is 12.7. The molecule has 6 nitrogen and oxygen atoms in total. The highest BCUT2D eigenvalue weighted by Crippen LogP contribution is 2.22. The molecule has 1 aliphatic rings. The number of halogens is 1. The monoisotopic (exact) mass is 332 g/mol. The molecule has 1 aromatic heterocycles. The third-order valence-corrected chi connectivity index (χ3v) is 4.03. The van der Waals surface area contributed by atoms with E-state index in [1.165, 1.54) is 6.07 Å². The summed E-state index contributed by atoms with van der Waals surface area (Å²) in [5, 5.41) is 9.84. The first-order valence-electron chi connectivity index (χ1n) is 7.37. The van der Waals surface area contributed by atoms with E-state index >= 15 is 0 Å². The average Bonchev–Trinajstić information content (AvgIpc) is 2.54. The molecule has 7 heteroatoms. The molecule has 2 heterocycles. The van der Waals surface area contributed by atoms with Crippen molar-refractivity contribution in [2.75, 3.05) is 36.0 Å². The van der Waals surface area contributed by atoms with Gasteiger partial charge in [-0.3, -0.25) is 0 Å². The number of nitrogens with zero attached hydrogens (tertiary/aromatic N) is 4. The van der Waals surface area contributed by atoms with Gasteiger partial charge in [0.15, 0.2) is 5.69 Å². The number of aryl methyl sites for hydroxylation is 1. The van der Waals surface area contributed by atoms with Crippen molar-refractivity contribution < 1.29 is 9.90 Å². The quantitative estimate of drug-likeness (QED) is 0.931. The normalized spacial score (nSPS) is 14.9. The van der Waals surface area contributed by atoms with Gasteiger partial charge in [-0.15, -0.1) is 0 Å². The summed E-state index contributed by atoms with van der Waals surface area (Å²) >= 11 is 6.04. The Morgan fingerprint density at radius 1 is 1.13 bits per heavy atom. The number of benzene rings is 1. The summed E-state index contributed by atoms with van der Waals surface area (Å²) in [7, 11) is 0. The van der Waals surface area contributed by atoms with Crippen LogP contribution in [0.1, 0.15) is 16.2 Å². The van der Waals surface area contributed by atoms with Crippen LogP contribution in [0.4, 0.5) is 11.6 Å². The molecule has 1 aromatic carbocycles. The Bertz CT molecular complexity index is 730. The fourth-order valence-corrected chi connectivity index (χ4v) is 2.83. The van der Waals surface area contributed by atoms with E-state index in [0.717, 1.165) is 36.9 Å². The number of carbonyl (C=O) groups is 1. The summed E-state index contributed by atoms with van der Waals surface area (Å²) in [6, 6.07) is 9.26. The maximum Gasteiger partial charge on any atom is 0.354 e. The second-order valence-electron chi connectivity index (χ2n) is 5.45. The van der Waals surface area contributed by atoms with Crippen molar-refractivity contribution in [2.45, 2.75) is 6.92 Å². The largest absolute Gasteiger partial charge is 0.477 e. The third-order valence-electron chi connectivity index (χ3n) is 3.80. The first kappa shape index (κ1) is 15.6. The lowest BCUT2D eigenvalue weighted by Gasteiger charge is -2.36. The molecule has 0 bridgehead atoms. The molecule has 0 amide bonds. The smallest absolute Gasteiger partial charge is 0.354 e. The van der Waals surface area contributed by atoms with Crippen molar-refractivity contribution >= 4 is 29.2 Å². The molecule has 23 heavy (non-hydrogen) atoms. The molecule has 1 aliphatic heterocycles. The van der Waals surface area contributed by atoms with Gasteiger partial charge in [0.2, 0.25) is 5.95 Å². The van der Waals surface area contributed by atoms with Crippen LogP contribution in [0.2, 0.25) is 5.02 Å². The molecule has 0 saturated carbocycles. The molecule has 3 rings (SSSR count). The highest BCUT2D eigenvalue weighted by molar-refractivity contribution is 6.30. The number of hydrogen-bond donors (Lipinski definition) is 1. The van der Waals surface area contributed by atoms with Crippen LogP contribution in [0.5, 0.6) is 0 Å². The molecular weight excluding hydrogens is 316 g/mol. The second-order valence-corrected chi connectivity index (χ2v) is 5.89. The van der Waals surface area contributed by atoms with E-state index in [4.69, 9.17) is 16.7 Å². The minimum absolute atomic E-state index is 0.0322. The number of anilines is 2. The van der Waals surface area contributed by atoms with Crippen LogP contribution in [0.3, 0.4) is 0 Å². The molecule has 2 aromatic rings. The molecule has 120 valence electrons. The van der Waals surface area contributed by atoms with Crippen molar-refractivity contribution in [3.63, 3.8) is 0 Å². The molecule has 0 aliphatic carbocycles. The standard InChI is InChI=1S/C16H17ClN4O2/c1-11-9-14(15(22)23)19-16(18-11)21-7-5-20(6-8-21)13-4-2-3-12(17)10-13/h2-4,9-10H,5-8H2,1H3,(H,22,23). The number of carboxylic acid groups (broad SMARTS) is 1. The van der Waals surface area contributed by atoms with Crippen molar-refractivity contribution in [2.24, 2.45) is 0 Å². The topological polar surface area (TPSA) is 69.6 Å². The summed E-state index contributed by atoms with van der Waals surface area (Å²) in [5.74, 6) is -0.553. The lowest BCUT2D eigenvalue weighted by Crippen LogP contribution is -2.47. The SMILES string of the molecule is Cc1cc(C(=O)O)nc(N2CCN(c3cccc(Cl)c3)CC2)n1. The molecule has 0 atom stereocenters. The maximum absolute atomic E-state index is 11.1. The van der Waals surface area contributed by atoms with Crippen molar-refractivity contribution in [3.8, 4) is 0 Å². The number of hydrogen-bond acceptors (Lipinski definition) is 5. The molecule has 1 N–H and O–H groups in total. The van der Waals surface area contributed by atoms with E-state index in [0.29, 0.717) is 11.6 Å². The van der Waals surface area contributed by atoms with Crippen molar-refractivity contribution in [3.05, 3.63) is 46.7 Å². The van der Waals surface area contributed by atoms with Crippen LogP contribution in [-0.2, 0) is 0 Å². The minimum Gasteiger partial charge on any atom is -0.477 e. The van der Waals surface area contributed by atoms with Crippen LogP contribution in [0.15, 0.2) is 30.3 Å². The van der Waals surface area contributed by atoms with Crippen LogP contribution in [0.25, 0.3) is 0 Å². The van der Waals surface area contributed by atoms with Gasteiger partial charge in [-0.1, -0.05) is 17.7 Å². The molecule has 0 spiro atoms. The Labute approximate surface area is 139 Å². The fourth-order valence-electron chi connectivity index (χ4n) is 2.64. The van der Waals surface area contributed by atoms with Gasteiger partial charge in [-0.25, -0.2) is 14.8 Å². The summed E-state index contributed by atoms with van der Waals surface area (Å²) in [5.41, 5.74) is 1.78. The van der Waals surface area contributed by atoms with Gasteiger partial charge in [-0.2, -0.15) is 0 Å². The summed E-state index contributed by atoms with van der Waals surface area (Å²) in [6.45, 7) is 4.85. The number of aromatic nitrogens is 2. The molecular formula is C16H17ClN4O2. The summed E-state index contributed by atoms with van der Waals surface area (Å²) in [6.07, 6.45) is 0. The number of rotatable bonds is 3. The zero-order chi connectivity index (χ0) is 16.4. The van der Waals surface area contributed by atoms with Gasteiger partial charge < -0.3 is 14.9 Å². The number of carboxylic acids is 1. The van der Waals surface area contributed by atoms with Gasteiger partial charge in [0.1, 0.15) is 0 Å². The number of piperazine rings is 1. The predicted molar refractivity (Wildman–Crippen MR) is 89.6 cm³/mol. The predicted octanol–water partition coefficient (Wildman–Crippen LogP) is 2.46. The highest BCUT2D eigenvalue weighted by atomic mass is 35.5. The fraction of sp³-hybridized carbons (Fsp3) is 0.312. The van der Waals surface area contributed by atoms with Gasteiger partial charge >= 0.3 is 5.97 Å². The lowest BCUT2D eigenvalue weighted by atomic mass is 10.2. The van der Waals surface area contributed by atoms with E-state index in [1.807, 2.05) is 29.2 Å². The van der Waals surface area contributed by atoms with E-state index in [2.05, 4.69) is 14.9 Å². The summed E-state index contributed by atoms with van der Waals surface area (Å²) in [4.78, 5) is 23.9. The Balaban J connectivity index is 1.73. The number of aromatic carboxylic acids is 1.